The summed E-state index contributed by atoms with van der Waals surface area (Å²) in [6.07, 6.45) is 22.8. The van der Waals surface area contributed by atoms with Crippen molar-refractivity contribution in [3.05, 3.63) is 177 Å². The first-order valence-electron chi connectivity index (χ1n) is 14.6. The van der Waals surface area contributed by atoms with Crippen molar-refractivity contribution in [1.29, 1.82) is 0 Å². The molecule has 0 aliphatic heterocycles. The van der Waals surface area contributed by atoms with E-state index in [0.717, 1.165) is 0 Å². The predicted octanol–water partition coefficient (Wildman–Crippen LogP) is 12.0. The molecule has 0 bridgehead atoms. The minimum Gasteiger partial charge on any atom is -0.321 e. The summed E-state index contributed by atoms with van der Waals surface area (Å²) in [5.41, 5.74) is 4.17. The number of aromatic nitrogens is 6. The van der Waals surface area contributed by atoms with E-state index in [1.54, 1.807) is 0 Å². The summed E-state index contributed by atoms with van der Waals surface area (Å²) in [6.45, 7) is 0. The highest BCUT2D eigenvalue weighted by Gasteiger charge is 2.25. The molecule has 0 N–H and O–H groups in total. The van der Waals surface area contributed by atoms with Gasteiger partial charge < -0.3 is 27.4 Å². The molecular formula is C36H24Cl6N6. The van der Waals surface area contributed by atoms with Gasteiger partial charge in [0.05, 0.1) is 64.3 Å². The van der Waals surface area contributed by atoms with Gasteiger partial charge in [0.1, 0.15) is 0 Å². The molecule has 2 aromatic carbocycles. The van der Waals surface area contributed by atoms with Gasteiger partial charge in [0, 0.05) is 74.4 Å². The van der Waals surface area contributed by atoms with Gasteiger partial charge in [0.2, 0.25) is 0 Å². The molecule has 8 rings (SSSR count). The molecule has 0 spiro atoms. The first-order chi connectivity index (χ1) is 23.4. The number of nitrogens with zero attached hydrogens (tertiary/aromatic N) is 6. The zero-order valence-corrected chi connectivity index (χ0v) is 29.3. The third-order valence-electron chi connectivity index (χ3n) is 7.67. The number of benzene rings is 2. The summed E-state index contributed by atoms with van der Waals surface area (Å²) in [5, 5.41) is 2.96. The lowest BCUT2D eigenvalue weighted by Gasteiger charge is -2.20. The molecule has 0 fully saturated rings. The topological polar surface area (TPSA) is 29.6 Å². The lowest BCUT2D eigenvalue weighted by Crippen LogP contribution is -2.05. The molecule has 0 aliphatic carbocycles. The predicted molar refractivity (Wildman–Crippen MR) is 199 cm³/mol. The molecule has 6 nitrogen and oxygen atoms in total. The van der Waals surface area contributed by atoms with Crippen molar-refractivity contribution in [3.63, 3.8) is 0 Å². The maximum atomic E-state index is 6.72. The van der Waals surface area contributed by atoms with E-state index in [0.29, 0.717) is 64.3 Å². The van der Waals surface area contributed by atoms with Crippen LogP contribution in [0.25, 0.3) is 34.1 Å². The van der Waals surface area contributed by atoms with Crippen LogP contribution in [0.5, 0.6) is 0 Å². The van der Waals surface area contributed by atoms with Crippen LogP contribution >= 0.6 is 69.6 Å². The van der Waals surface area contributed by atoms with E-state index in [1.165, 1.54) is 0 Å². The SMILES string of the molecule is Clc1c(-n2cccc2)c(Cl)c(-n2cccc2)c(Cl)c1-n1cccc1.Clc1c(-n2cccc2)c(Cl)c(-n2cccc2)c(Cl)c1-n1cccc1. The maximum Gasteiger partial charge on any atom is 0.0918 e. The summed E-state index contributed by atoms with van der Waals surface area (Å²) in [4.78, 5) is 0. The van der Waals surface area contributed by atoms with Crippen molar-refractivity contribution < 1.29 is 0 Å². The summed E-state index contributed by atoms with van der Waals surface area (Å²) in [5.74, 6) is 0. The van der Waals surface area contributed by atoms with Gasteiger partial charge in [-0.2, -0.15) is 0 Å². The van der Waals surface area contributed by atoms with Crippen LogP contribution in [0.2, 0.25) is 30.1 Å². The highest BCUT2D eigenvalue weighted by Crippen LogP contribution is 2.46. The molecule has 6 aromatic heterocycles. The Kier molecular flexibility index (Phi) is 9.30. The van der Waals surface area contributed by atoms with Gasteiger partial charge in [-0.15, -0.1) is 0 Å². The van der Waals surface area contributed by atoms with E-state index < -0.39 is 0 Å². The molecule has 8 aromatic rings. The monoisotopic (exact) mass is 750 g/mol. The number of rotatable bonds is 6. The second-order valence-electron chi connectivity index (χ2n) is 10.5. The van der Waals surface area contributed by atoms with Crippen LogP contribution in [0.3, 0.4) is 0 Å². The van der Waals surface area contributed by atoms with Crippen molar-refractivity contribution in [2.24, 2.45) is 0 Å². The second-order valence-corrected chi connectivity index (χ2v) is 12.8. The van der Waals surface area contributed by atoms with Crippen LogP contribution in [0, 0.1) is 0 Å². The van der Waals surface area contributed by atoms with Crippen molar-refractivity contribution >= 4 is 69.6 Å². The average Bonchev–Trinajstić information content (AvgIpc) is 3.89. The van der Waals surface area contributed by atoms with E-state index in [2.05, 4.69) is 0 Å². The fraction of sp³-hybridized carbons (Fsp3) is 0. The Labute approximate surface area is 306 Å². The normalized spacial score (nSPS) is 11.1. The molecule has 0 saturated carbocycles. The number of hydrogen-bond acceptors (Lipinski definition) is 0. The van der Waals surface area contributed by atoms with Crippen LogP contribution in [-0.2, 0) is 0 Å². The average molecular weight is 753 g/mol. The Morgan fingerprint density at radius 1 is 0.208 bits per heavy atom. The number of hydrogen-bond donors (Lipinski definition) is 0. The van der Waals surface area contributed by atoms with Gasteiger partial charge in [-0.3, -0.25) is 0 Å². The fourth-order valence-electron chi connectivity index (χ4n) is 5.51. The van der Waals surface area contributed by atoms with E-state index in [9.17, 15) is 0 Å². The van der Waals surface area contributed by atoms with E-state index >= 15 is 0 Å². The lowest BCUT2D eigenvalue weighted by atomic mass is 10.2. The van der Waals surface area contributed by atoms with Crippen molar-refractivity contribution in [3.8, 4) is 34.1 Å². The first-order valence-corrected chi connectivity index (χ1v) is 16.8. The van der Waals surface area contributed by atoms with Gasteiger partial charge in [-0.05, 0) is 72.8 Å². The molecule has 0 radical (unpaired) electrons. The molecule has 0 atom stereocenters. The third-order valence-corrected chi connectivity index (χ3v) is 9.82. The number of halogens is 6. The van der Waals surface area contributed by atoms with Crippen molar-refractivity contribution in [2.75, 3.05) is 0 Å². The van der Waals surface area contributed by atoms with Crippen LogP contribution < -0.4 is 0 Å². The first kappa shape index (κ1) is 32.4. The van der Waals surface area contributed by atoms with Gasteiger partial charge in [-0.25, -0.2) is 0 Å². The summed E-state index contributed by atoms with van der Waals surface area (Å²) < 4.78 is 11.3. The molecule has 6 heterocycles. The summed E-state index contributed by atoms with van der Waals surface area (Å²) >= 11 is 40.3. The van der Waals surface area contributed by atoms with Gasteiger partial charge in [0.15, 0.2) is 0 Å². The molecule has 12 heteroatoms. The third kappa shape index (κ3) is 5.79. The highest BCUT2D eigenvalue weighted by atomic mass is 35.5. The lowest BCUT2D eigenvalue weighted by molar-refractivity contribution is 1.01. The summed E-state index contributed by atoms with van der Waals surface area (Å²) in [7, 11) is 0. The van der Waals surface area contributed by atoms with Crippen LogP contribution in [-0.4, -0.2) is 27.4 Å². The van der Waals surface area contributed by atoms with Crippen molar-refractivity contribution in [2.45, 2.75) is 0 Å². The quantitative estimate of drug-likeness (QED) is 0.162. The Hall–Kier alpha value is -4.14. The van der Waals surface area contributed by atoms with Crippen LogP contribution in [0.1, 0.15) is 0 Å². The molecule has 240 valence electrons. The van der Waals surface area contributed by atoms with E-state index in [1.807, 2.05) is 175 Å². The fourth-order valence-corrected chi connectivity index (χ4v) is 8.11. The van der Waals surface area contributed by atoms with Crippen molar-refractivity contribution in [1.82, 2.24) is 27.4 Å². The second kappa shape index (κ2) is 13.8. The molecular weight excluding hydrogens is 729 g/mol. The molecule has 0 saturated heterocycles. The molecule has 48 heavy (non-hydrogen) atoms. The van der Waals surface area contributed by atoms with Gasteiger partial charge >= 0.3 is 0 Å². The molecule has 0 aliphatic rings. The highest BCUT2D eigenvalue weighted by molar-refractivity contribution is 6.46. The molecule has 0 amide bonds. The van der Waals surface area contributed by atoms with E-state index in [4.69, 9.17) is 69.6 Å². The molecule has 0 unspecified atom stereocenters. The largest absolute Gasteiger partial charge is 0.321 e. The minimum absolute atomic E-state index is 0.494. The van der Waals surface area contributed by atoms with Crippen LogP contribution in [0.4, 0.5) is 0 Å². The smallest absolute Gasteiger partial charge is 0.0918 e. The Morgan fingerprint density at radius 3 is 0.417 bits per heavy atom. The van der Waals surface area contributed by atoms with Crippen LogP contribution in [0.15, 0.2) is 147 Å². The van der Waals surface area contributed by atoms with Gasteiger partial charge in [0.25, 0.3) is 0 Å². The minimum atomic E-state index is 0.494. The Morgan fingerprint density at radius 2 is 0.312 bits per heavy atom. The van der Waals surface area contributed by atoms with Gasteiger partial charge in [-0.1, -0.05) is 69.6 Å². The zero-order chi connectivity index (χ0) is 33.4. The van der Waals surface area contributed by atoms with E-state index in [-0.39, 0.29) is 0 Å². The zero-order valence-electron chi connectivity index (χ0n) is 24.8. The Balaban J connectivity index is 0.000000152. The standard InChI is InChI=1S/2C18H12Cl3N3/c2*19-13-16(22-7-1-2-8-22)14(20)18(24-11-5-6-12-24)15(21)17(13)23-9-3-4-10-23/h2*1-12H. The summed E-state index contributed by atoms with van der Waals surface area (Å²) in [6, 6.07) is 23.1. The maximum absolute atomic E-state index is 6.72. The Bertz CT molecular complexity index is 1800.